The molecule has 5 aliphatic rings. The van der Waals surface area contributed by atoms with Crippen LogP contribution in [0.25, 0.3) is 66.7 Å². The molecule has 14 rings (SSSR count). The zero-order valence-corrected chi connectivity index (χ0v) is 53.0. The Balaban J connectivity index is 0.000000137. The van der Waals surface area contributed by atoms with Gasteiger partial charge in [-0.25, -0.2) is 24.4 Å². The highest BCUT2D eigenvalue weighted by Crippen LogP contribution is 2.39. The number of alkyl halides is 3. The number of piperidine rings is 2. The molecule has 28 heteroatoms. The van der Waals surface area contributed by atoms with Crippen LogP contribution in [0.5, 0.6) is 0 Å². The maximum Gasteiger partial charge on any atom is 0.516 e. The van der Waals surface area contributed by atoms with E-state index in [0.717, 1.165) is 144 Å². The van der Waals surface area contributed by atoms with E-state index in [-0.39, 0.29) is 46.6 Å². The molecule has 0 spiro atoms. The Bertz CT molecular complexity index is 4110. The predicted molar refractivity (Wildman–Crippen MR) is 340 cm³/mol. The zero-order chi connectivity index (χ0) is 63.3. The Morgan fingerprint density at radius 2 is 1.43 bits per heavy atom. The molecule has 1 amide bonds. The van der Waals surface area contributed by atoms with Crippen molar-refractivity contribution in [2.75, 3.05) is 42.6 Å². The number of anilines is 2. The minimum Gasteiger partial charge on any atom is -0.444 e. The normalized spacial score (nSPS) is 18.7. The molecule has 1 unspecified atom stereocenters. The Hall–Kier alpha value is -8.05. The maximum absolute atomic E-state index is 13.3. The third kappa shape index (κ3) is 13.4. The van der Waals surface area contributed by atoms with Crippen LogP contribution in [0, 0.1) is 0 Å². The number of nitrogens with one attached hydrogen (secondary N) is 3. The van der Waals surface area contributed by atoms with Gasteiger partial charge in [-0.05, 0) is 142 Å². The van der Waals surface area contributed by atoms with E-state index in [9.17, 15) is 18.0 Å². The Morgan fingerprint density at radius 1 is 0.756 bits per heavy atom. The first kappa shape index (κ1) is 62.2. The fraction of sp³-hybridized carbons (Fsp3) is 0.452. The van der Waals surface area contributed by atoms with Crippen molar-refractivity contribution in [3.63, 3.8) is 0 Å². The summed E-state index contributed by atoms with van der Waals surface area (Å²) in [5.41, 5.74) is 13.1. The molecule has 9 aromatic rings. The average molecular weight is 1300 g/mol. The van der Waals surface area contributed by atoms with Crippen molar-refractivity contribution < 1.29 is 36.7 Å². The number of aliphatic imine (C=N–C) groups is 1. The number of aromatic nitrogens is 13. The van der Waals surface area contributed by atoms with Crippen LogP contribution in [0.2, 0.25) is 0 Å². The van der Waals surface area contributed by atoms with Crippen molar-refractivity contribution in [2.24, 2.45) is 10.7 Å². The van der Waals surface area contributed by atoms with E-state index in [4.69, 9.17) is 39.6 Å². The lowest BCUT2D eigenvalue weighted by atomic mass is 9.85. The third-order valence-electron chi connectivity index (χ3n) is 17.0. The summed E-state index contributed by atoms with van der Waals surface area (Å²) in [7, 11) is -0.462. The molecular formula is C62H71BBrF3N18O5. The Kier molecular flexibility index (Phi) is 17.2. The first-order valence-corrected chi connectivity index (χ1v) is 31.0. The molecule has 4 saturated heterocycles. The molecule has 5 N–H and O–H groups in total. The summed E-state index contributed by atoms with van der Waals surface area (Å²) in [6.45, 7) is 20.2. The Morgan fingerprint density at radius 3 is 2.10 bits per heavy atom. The van der Waals surface area contributed by atoms with Gasteiger partial charge in [-0.3, -0.25) is 35.1 Å². The first-order valence-electron chi connectivity index (χ1n) is 30.3. The van der Waals surface area contributed by atoms with E-state index in [1.54, 1.807) is 37.1 Å². The van der Waals surface area contributed by atoms with Crippen LogP contribution in [-0.2, 0) is 31.5 Å². The average Bonchev–Trinajstić information content (AvgIpc) is 1.67. The number of hydrogen-bond acceptors (Lipinski definition) is 19. The second-order valence-electron chi connectivity index (χ2n) is 25.1. The molecule has 4 fully saturated rings. The molecule has 0 aliphatic carbocycles. The number of ether oxygens (including phenoxy) is 2. The lowest BCUT2D eigenvalue weighted by Crippen LogP contribution is -2.46. The Labute approximate surface area is 526 Å². The molecule has 0 saturated carbocycles. The van der Waals surface area contributed by atoms with Gasteiger partial charge in [-0.15, -0.1) is 0 Å². The van der Waals surface area contributed by atoms with E-state index in [0.29, 0.717) is 34.7 Å². The van der Waals surface area contributed by atoms with E-state index in [1.165, 1.54) is 12.3 Å². The molecule has 2 aromatic carbocycles. The van der Waals surface area contributed by atoms with E-state index >= 15 is 0 Å². The molecule has 0 bridgehead atoms. The maximum atomic E-state index is 13.3. The minimum absolute atomic E-state index is 0.0110. The van der Waals surface area contributed by atoms with Crippen molar-refractivity contribution in [1.29, 1.82) is 0 Å². The number of hydrogen-bond donors (Lipinski definition) is 4. The van der Waals surface area contributed by atoms with E-state index in [1.807, 2.05) is 83.4 Å². The number of nitrogens with zero attached hydrogens (tertiary/aromatic N) is 14. The van der Waals surface area contributed by atoms with Crippen LogP contribution in [-0.4, -0.2) is 146 Å². The fourth-order valence-electron chi connectivity index (χ4n) is 11.4. The number of carbonyl (C=O) groups is 1. The lowest BCUT2D eigenvalue weighted by molar-refractivity contribution is -0.139. The predicted octanol–water partition coefficient (Wildman–Crippen LogP) is 10.5. The van der Waals surface area contributed by atoms with Crippen molar-refractivity contribution in [1.82, 2.24) is 70.4 Å². The molecule has 7 aromatic heterocycles. The number of aromatic amines is 2. The van der Waals surface area contributed by atoms with Crippen molar-refractivity contribution in [3.8, 4) is 33.9 Å². The highest BCUT2D eigenvalue weighted by molar-refractivity contribution is 9.10. The SMILES string of the molecule is CC(C)(C)OC(=O)NC1CCN(c2cncc(-c3nn(C4CCCCO4)c4ccc(Br)cc34)n2)CC1.CC1=NCc2ncc(B3OC(C)(C)C(C)(C)O3)nc21.NC1CCN(c2cncc(-c3n[nH]c4ccc(-c5cnc6n[nH]c(C(F)(F)F)c6c5)cc34)n2)CC1. The standard InChI is InChI=1S/C26H33BrN6O3.C23H20F3N9.C13H18BN3O2/c1-26(2,3)36-25(34)29-18-9-11-32(12-10-18)22-16-28-15-20(30-22)24-19-14-17(27)7-8-21(19)33(31-24)23-6-4-5-13-35-23;24-23(25,26)21-16-8-13(9-29-22(16)34-33-21)12-1-2-17-15(7-12)20(32-31-17)18-10-28-11-19(30-18)35-5-3-14(27)4-6-35;1-8-11-9(6-15-8)16-7-10(17-11)14-18-12(2,3)13(4,5)19-14/h7-8,14-16,18,23H,4-6,9-13H2,1-3H3,(H,29,34);1-2,7-11,14H,3-6,27H2,(H,31,32)(H,29,33,34);7H,6H2,1-5H3. The van der Waals surface area contributed by atoms with Crippen LogP contribution in [0.15, 0.2) is 89.1 Å². The van der Waals surface area contributed by atoms with Gasteiger partial charge in [-0.2, -0.15) is 28.5 Å². The minimum atomic E-state index is -4.56. The second kappa shape index (κ2) is 25.0. The molecule has 1 atom stereocenters. The van der Waals surface area contributed by atoms with Crippen LogP contribution in [0.3, 0.4) is 0 Å². The van der Waals surface area contributed by atoms with Gasteiger partial charge in [0.15, 0.2) is 11.9 Å². The molecular weight excluding hydrogens is 1220 g/mol. The van der Waals surface area contributed by atoms with Gasteiger partial charge in [0.05, 0.1) is 76.0 Å². The highest BCUT2D eigenvalue weighted by atomic mass is 79.9. The number of rotatable bonds is 8. The monoisotopic (exact) mass is 1290 g/mol. The highest BCUT2D eigenvalue weighted by Gasteiger charge is 2.53. The van der Waals surface area contributed by atoms with Crippen LogP contribution < -0.4 is 26.4 Å². The topological polar surface area (TPSA) is 276 Å². The van der Waals surface area contributed by atoms with Crippen LogP contribution in [0.4, 0.5) is 29.6 Å². The van der Waals surface area contributed by atoms with Gasteiger partial charge in [0, 0.05) is 78.1 Å². The summed E-state index contributed by atoms with van der Waals surface area (Å²) < 4.78 is 66.4. The number of pyridine rings is 1. The van der Waals surface area contributed by atoms with E-state index in [2.05, 4.69) is 88.4 Å². The van der Waals surface area contributed by atoms with Gasteiger partial charge in [0.25, 0.3) is 0 Å². The van der Waals surface area contributed by atoms with Crippen molar-refractivity contribution in [2.45, 2.75) is 148 Å². The van der Waals surface area contributed by atoms with Gasteiger partial charge < -0.3 is 39.6 Å². The molecule has 90 heavy (non-hydrogen) atoms. The summed E-state index contributed by atoms with van der Waals surface area (Å²) in [4.78, 5) is 52.6. The molecule has 23 nitrogen and oxygen atoms in total. The first-order chi connectivity index (χ1) is 42.9. The van der Waals surface area contributed by atoms with E-state index < -0.39 is 24.6 Å². The summed E-state index contributed by atoms with van der Waals surface area (Å²) in [6.07, 6.45) is 11.8. The van der Waals surface area contributed by atoms with Crippen LogP contribution in [0.1, 0.15) is 124 Å². The number of amides is 1. The number of benzene rings is 2. The number of alkyl carbamates (subject to hydrolysis) is 1. The summed E-state index contributed by atoms with van der Waals surface area (Å²) in [5, 5.41) is 22.8. The van der Waals surface area contributed by atoms with Gasteiger partial charge in [0.1, 0.15) is 51.4 Å². The molecule has 470 valence electrons. The smallest absolute Gasteiger partial charge is 0.444 e. The van der Waals surface area contributed by atoms with Gasteiger partial charge in [-0.1, -0.05) is 22.0 Å². The molecule has 0 radical (unpaired) electrons. The van der Waals surface area contributed by atoms with Crippen LogP contribution >= 0.6 is 15.9 Å². The number of carbonyl (C=O) groups excluding carboxylic acids is 1. The number of H-pyrrole nitrogens is 2. The second-order valence-corrected chi connectivity index (χ2v) is 26.1. The molecule has 12 heterocycles. The lowest BCUT2D eigenvalue weighted by Gasteiger charge is -2.33. The van der Waals surface area contributed by atoms with Crippen molar-refractivity contribution >= 4 is 84.9 Å². The fourth-order valence-corrected chi connectivity index (χ4v) is 11.7. The molecule has 5 aliphatic heterocycles. The number of nitrogens with two attached hydrogens (primary N) is 1. The quantitative estimate of drug-likeness (QED) is 0.103. The largest absolute Gasteiger partial charge is 0.516 e. The third-order valence-corrected chi connectivity index (χ3v) is 17.5. The van der Waals surface area contributed by atoms with Gasteiger partial charge in [0.2, 0.25) is 0 Å². The van der Waals surface area contributed by atoms with Crippen molar-refractivity contribution in [3.05, 3.63) is 101 Å². The number of halogens is 4. The zero-order valence-electron chi connectivity index (χ0n) is 51.4. The number of fused-ring (bicyclic) bond motifs is 4. The summed E-state index contributed by atoms with van der Waals surface area (Å²) in [5.74, 6) is 1.57. The summed E-state index contributed by atoms with van der Waals surface area (Å²) in [6, 6.07) is 13.4. The summed E-state index contributed by atoms with van der Waals surface area (Å²) >= 11 is 3.61. The van der Waals surface area contributed by atoms with Gasteiger partial charge >= 0.3 is 19.4 Å².